The van der Waals surface area contributed by atoms with Gasteiger partial charge in [-0.15, -0.1) is 0 Å². The molecular formula is C18H19FN4O2S. The summed E-state index contributed by atoms with van der Waals surface area (Å²) in [5.74, 6) is 0.431. The number of nitrogens with one attached hydrogen (secondary N) is 1. The number of aromatic nitrogens is 2. The molecule has 0 atom stereocenters. The van der Waals surface area contributed by atoms with Crippen molar-refractivity contribution in [2.24, 2.45) is 0 Å². The van der Waals surface area contributed by atoms with Crippen LogP contribution in [0.4, 0.5) is 4.39 Å². The molecule has 0 radical (unpaired) electrons. The Morgan fingerprint density at radius 2 is 1.69 bits per heavy atom. The fourth-order valence-electron chi connectivity index (χ4n) is 3.18. The Bertz CT molecular complexity index is 976. The predicted octanol–water partition coefficient (Wildman–Crippen LogP) is 2.21. The van der Waals surface area contributed by atoms with Gasteiger partial charge in [0.15, 0.2) is 0 Å². The lowest BCUT2D eigenvalue weighted by atomic mass is 10.3. The lowest BCUT2D eigenvalue weighted by Gasteiger charge is -2.33. The first kappa shape index (κ1) is 17.1. The van der Waals surface area contributed by atoms with Gasteiger partial charge in [-0.2, -0.15) is 4.31 Å². The van der Waals surface area contributed by atoms with E-state index in [1.165, 1.54) is 28.6 Å². The number of benzene rings is 2. The van der Waals surface area contributed by atoms with Crippen LogP contribution in [0.15, 0.2) is 53.4 Å². The number of nitrogens with zero attached hydrogens (tertiary/aromatic N) is 3. The van der Waals surface area contributed by atoms with Gasteiger partial charge in [0.2, 0.25) is 10.0 Å². The van der Waals surface area contributed by atoms with Crippen molar-refractivity contribution < 1.29 is 12.8 Å². The first-order chi connectivity index (χ1) is 12.5. The molecule has 0 bridgehead atoms. The molecule has 4 rings (SSSR count). The molecule has 0 amide bonds. The monoisotopic (exact) mass is 374 g/mol. The van der Waals surface area contributed by atoms with Gasteiger partial charge in [0.05, 0.1) is 22.5 Å². The van der Waals surface area contributed by atoms with E-state index >= 15 is 0 Å². The highest BCUT2D eigenvalue weighted by atomic mass is 32.2. The molecule has 6 nitrogen and oxygen atoms in total. The van der Waals surface area contributed by atoms with Gasteiger partial charge in [0.25, 0.3) is 0 Å². The van der Waals surface area contributed by atoms with Crippen LogP contribution < -0.4 is 0 Å². The van der Waals surface area contributed by atoms with E-state index in [1.54, 1.807) is 0 Å². The minimum atomic E-state index is -3.58. The summed E-state index contributed by atoms with van der Waals surface area (Å²) in [4.78, 5) is 10.2. The minimum absolute atomic E-state index is 0.129. The molecular weight excluding hydrogens is 355 g/mol. The van der Waals surface area contributed by atoms with Crippen molar-refractivity contribution in [3.8, 4) is 0 Å². The van der Waals surface area contributed by atoms with Crippen LogP contribution in [0.1, 0.15) is 5.82 Å². The number of halogens is 1. The van der Waals surface area contributed by atoms with Gasteiger partial charge < -0.3 is 4.98 Å². The van der Waals surface area contributed by atoms with Crippen molar-refractivity contribution in [2.75, 3.05) is 26.2 Å². The number of hydrogen-bond donors (Lipinski definition) is 1. The molecule has 1 N–H and O–H groups in total. The zero-order valence-corrected chi connectivity index (χ0v) is 14.9. The Morgan fingerprint density at radius 3 is 2.38 bits per heavy atom. The van der Waals surface area contributed by atoms with Crippen LogP contribution in [-0.2, 0) is 16.6 Å². The Labute approximate surface area is 151 Å². The van der Waals surface area contributed by atoms with E-state index in [1.807, 2.05) is 24.3 Å². The smallest absolute Gasteiger partial charge is 0.243 e. The molecule has 2 heterocycles. The summed E-state index contributed by atoms with van der Waals surface area (Å²) >= 11 is 0. The van der Waals surface area contributed by atoms with Gasteiger partial charge in [-0.3, -0.25) is 4.90 Å². The van der Waals surface area contributed by atoms with Crippen molar-refractivity contribution in [1.82, 2.24) is 19.2 Å². The minimum Gasteiger partial charge on any atom is -0.341 e. The number of aromatic amines is 1. The maximum atomic E-state index is 13.0. The molecule has 26 heavy (non-hydrogen) atoms. The van der Waals surface area contributed by atoms with Crippen molar-refractivity contribution in [3.63, 3.8) is 0 Å². The second-order valence-corrected chi connectivity index (χ2v) is 8.27. The third-order valence-electron chi connectivity index (χ3n) is 4.59. The van der Waals surface area contributed by atoms with E-state index in [9.17, 15) is 12.8 Å². The van der Waals surface area contributed by atoms with Crippen molar-refractivity contribution in [3.05, 3.63) is 60.2 Å². The van der Waals surface area contributed by atoms with Crippen LogP contribution in [-0.4, -0.2) is 53.8 Å². The summed E-state index contributed by atoms with van der Waals surface area (Å²) in [5.41, 5.74) is 1.93. The van der Waals surface area contributed by atoms with Crippen LogP contribution in [0.3, 0.4) is 0 Å². The highest BCUT2D eigenvalue weighted by molar-refractivity contribution is 7.89. The van der Waals surface area contributed by atoms with E-state index < -0.39 is 15.8 Å². The number of rotatable bonds is 4. The molecule has 0 unspecified atom stereocenters. The Kier molecular flexibility index (Phi) is 4.47. The molecule has 8 heteroatoms. The van der Waals surface area contributed by atoms with Crippen LogP contribution >= 0.6 is 0 Å². The topological polar surface area (TPSA) is 69.3 Å². The first-order valence-corrected chi connectivity index (χ1v) is 9.88. The van der Waals surface area contributed by atoms with Crippen LogP contribution in [0.2, 0.25) is 0 Å². The lowest BCUT2D eigenvalue weighted by molar-refractivity contribution is 0.178. The van der Waals surface area contributed by atoms with Crippen LogP contribution in [0.5, 0.6) is 0 Å². The molecule has 1 fully saturated rings. The molecule has 0 saturated carbocycles. The number of H-pyrrole nitrogens is 1. The maximum absolute atomic E-state index is 13.0. The molecule has 1 aliphatic rings. The second kappa shape index (κ2) is 6.79. The number of sulfonamides is 1. The normalized spacial score (nSPS) is 17.0. The quantitative estimate of drug-likeness (QED) is 0.760. The third-order valence-corrected chi connectivity index (χ3v) is 6.51. The zero-order chi connectivity index (χ0) is 18.1. The second-order valence-electron chi connectivity index (χ2n) is 6.33. The molecule has 0 spiro atoms. The van der Waals surface area contributed by atoms with Crippen molar-refractivity contribution in [2.45, 2.75) is 11.4 Å². The summed E-state index contributed by atoms with van der Waals surface area (Å²) in [5, 5.41) is 0. The summed E-state index contributed by atoms with van der Waals surface area (Å²) < 4.78 is 39.8. The molecule has 1 aromatic heterocycles. The number of para-hydroxylation sites is 2. The van der Waals surface area contributed by atoms with Gasteiger partial charge in [-0.1, -0.05) is 12.1 Å². The third kappa shape index (κ3) is 3.35. The van der Waals surface area contributed by atoms with Gasteiger partial charge in [0.1, 0.15) is 11.6 Å². The average Bonchev–Trinajstić information content (AvgIpc) is 3.05. The molecule has 3 aromatic rings. The van der Waals surface area contributed by atoms with Crippen molar-refractivity contribution >= 4 is 21.1 Å². The van der Waals surface area contributed by atoms with Gasteiger partial charge in [-0.25, -0.2) is 17.8 Å². The highest BCUT2D eigenvalue weighted by Gasteiger charge is 2.28. The standard InChI is InChI=1S/C18H19FN4O2S/c19-14-5-7-15(8-6-14)26(24,25)23-11-9-22(10-12-23)13-18-20-16-3-1-2-4-17(16)21-18/h1-8H,9-13H2,(H,20,21). The number of fused-ring (bicyclic) bond motifs is 1. The van der Waals surface area contributed by atoms with E-state index in [0.29, 0.717) is 32.7 Å². The van der Waals surface area contributed by atoms with Crippen molar-refractivity contribution in [1.29, 1.82) is 0 Å². The van der Waals surface area contributed by atoms with Crippen LogP contribution in [0.25, 0.3) is 11.0 Å². The van der Waals surface area contributed by atoms with E-state index in [4.69, 9.17) is 0 Å². The number of hydrogen-bond acceptors (Lipinski definition) is 4. The summed E-state index contributed by atoms with van der Waals surface area (Å²) in [6, 6.07) is 12.8. The molecule has 2 aromatic carbocycles. The number of imidazole rings is 1. The SMILES string of the molecule is O=S(=O)(c1ccc(F)cc1)N1CCN(Cc2nc3ccccc3[nH]2)CC1. The van der Waals surface area contributed by atoms with Crippen LogP contribution in [0, 0.1) is 5.82 Å². The average molecular weight is 374 g/mol. The molecule has 136 valence electrons. The summed E-state index contributed by atoms with van der Waals surface area (Å²) in [6.07, 6.45) is 0. The fraction of sp³-hybridized carbons (Fsp3) is 0.278. The summed E-state index contributed by atoms with van der Waals surface area (Å²) in [6.45, 7) is 2.70. The Hall–Kier alpha value is -2.29. The summed E-state index contributed by atoms with van der Waals surface area (Å²) in [7, 11) is -3.58. The van der Waals surface area contributed by atoms with Gasteiger partial charge in [-0.05, 0) is 36.4 Å². The van der Waals surface area contributed by atoms with Gasteiger partial charge >= 0.3 is 0 Å². The lowest BCUT2D eigenvalue weighted by Crippen LogP contribution is -2.48. The Morgan fingerprint density at radius 1 is 1.00 bits per heavy atom. The zero-order valence-electron chi connectivity index (χ0n) is 14.1. The Balaban J connectivity index is 1.41. The van der Waals surface area contributed by atoms with E-state index in [2.05, 4.69) is 14.9 Å². The highest BCUT2D eigenvalue weighted by Crippen LogP contribution is 2.19. The first-order valence-electron chi connectivity index (χ1n) is 8.44. The number of piperazine rings is 1. The predicted molar refractivity (Wildman–Crippen MR) is 96.5 cm³/mol. The molecule has 1 saturated heterocycles. The maximum Gasteiger partial charge on any atom is 0.243 e. The largest absolute Gasteiger partial charge is 0.341 e. The molecule has 0 aliphatic carbocycles. The van der Waals surface area contributed by atoms with E-state index in [-0.39, 0.29) is 4.90 Å². The van der Waals surface area contributed by atoms with Gasteiger partial charge in [0, 0.05) is 26.2 Å². The molecule has 1 aliphatic heterocycles. The fourth-order valence-corrected chi connectivity index (χ4v) is 4.60. The van der Waals surface area contributed by atoms with E-state index in [0.717, 1.165) is 16.9 Å².